The van der Waals surface area contributed by atoms with Gasteiger partial charge in [-0.1, -0.05) is 13.8 Å². The van der Waals surface area contributed by atoms with Gasteiger partial charge < -0.3 is 15.5 Å². The first-order chi connectivity index (χ1) is 9.56. The molecule has 1 atom stereocenters. The van der Waals surface area contributed by atoms with Crippen LogP contribution in [0.4, 0.5) is 0 Å². The van der Waals surface area contributed by atoms with Crippen molar-refractivity contribution in [1.82, 2.24) is 10.2 Å². The zero-order chi connectivity index (χ0) is 14.5. The van der Waals surface area contributed by atoms with Gasteiger partial charge in [0, 0.05) is 38.3 Å². The lowest BCUT2D eigenvalue weighted by atomic mass is 9.95. The number of phenolic OH excluding ortho intramolecular Hbond substituents is 2. The van der Waals surface area contributed by atoms with Crippen molar-refractivity contribution in [3.63, 3.8) is 0 Å². The minimum absolute atomic E-state index is 0.143. The van der Waals surface area contributed by atoms with Crippen LogP contribution in [0.25, 0.3) is 0 Å². The molecule has 0 bridgehead atoms. The van der Waals surface area contributed by atoms with Gasteiger partial charge in [-0.05, 0) is 36.5 Å². The molecule has 0 spiro atoms. The molecular weight excluding hydrogens is 252 g/mol. The van der Waals surface area contributed by atoms with E-state index in [4.69, 9.17) is 0 Å². The van der Waals surface area contributed by atoms with Crippen LogP contribution in [0.15, 0.2) is 18.2 Å². The van der Waals surface area contributed by atoms with Crippen molar-refractivity contribution >= 4 is 0 Å². The van der Waals surface area contributed by atoms with E-state index < -0.39 is 0 Å². The average Bonchev–Trinajstić information content (AvgIpc) is 2.38. The highest BCUT2D eigenvalue weighted by molar-refractivity contribution is 5.38. The summed E-state index contributed by atoms with van der Waals surface area (Å²) in [5.41, 5.74) is 1.02. The lowest BCUT2D eigenvalue weighted by Gasteiger charge is -2.35. The van der Waals surface area contributed by atoms with Gasteiger partial charge in [0.25, 0.3) is 0 Å². The highest BCUT2D eigenvalue weighted by Gasteiger charge is 2.23. The molecule has 1 aromatic carbocycles. The average molecular weight is 278 g/mol. The molecule has 1 saturated heterocycles. The van der Waals surface area contributed by atoms with Gasteiger partial charge in [-0.2, -0.15) is 0 Å². The zero-order valence-corrected chi connectivity index (χ0v) is 12.5. The summed E-state index contributed by atoms with van der Waals surface area (Å²) in [7, 11) is 0. The Morgan fingerprint density at radius 2 is 1.65 bits per heavy atom. The van der Waals surface area contributed by atoms with Gasteiger partial charge in [0.2, 0.25) is 0 Å². The Morgan fingerprint density at radius 1 is 1.05 bits per heavy atom. The SMILES string of the molecule is CC(C)CC[C@@H](c1cc(O)cc(O)c1)N1CCNCC1. The van der Waals surface area contributed by atoms with Gasteiger partial charge in [-0.15, -0.1) is 0 Å². The van der Waals surface area contributed by atoms with Crippen molar-refractivity contribution in [3.8, 4) is 11.5 Å². The third-order valence-corrected chi connectivity index (χ3v) is 3.92. The Bertz CT molecular complexity index is 408. The highest BCUT2D eigenvalue weighted by atomic mass is 16.3. The first-order valence-electron chi connectivity index (χ1n) is 7.54. The molecule has 1 aliphatic heterocycles. The minimum atomic E-state index is 0.143. The monoisotopic (exact) mass is 278 g/mol. The smallest absolute Gasteiger partial charge is 0.119 e. The molecule has 0 unspecified atom stereocenters. The summed E-state index contributed by atoms with van der Waals surface area (Å²) in [6.07, 6.45) is 2.20. The predicted molar refractivity (Wildman–Crippen MR) is 81.0 cm³/mol. The van der Waals surface area contributed by atoms with Gasteiger partial charge in [0.05, 0.1) is 0 Å². The molecule has 0 saturated carbocycles. The Labute approximate surface area is 121 Å². The fraction of sp³-hybridized carbons (Fsp3) is 0.625. The number of benzene rings is 1. The molecule has 0 amide bonds. The number of nitrogens with zero attached hydrogens (tertiary/aromatic N) is 1. The van der Waals surface area contributed by atoms with Crippen LogP contribution in [0.2, 0.25) is 0 Å². The second-order valence-electron chi connectivity index (χ2n) is 6.06. The van der Waals surface area contributed by atoms with Gasteiger partial charge in [-0.3, -0.25) is 4.90 Å². The molecule has 1 aliphatic rings. The first-order valence-corrected chi connectivity index (χ1v) is 7.54. The number of aromatic hydroxyl groups is 2. The maximum absolute atomic E-state index is 9.73. The van der Waals surface area contributed by atoms with Gasteiger partial charge >= 0.3 is 0 Å². The lowest BCUT2D eigenvalue weighted by molar-refractivity contribution is 0.159. The molecule has 4 nitrogen and oxygen atoms in total. The third-order valence-electron chi connectivity index (χ3n) is 3.92. The molecule has 3 N–H and O–H groups in total. The number of hydrogen-bond donors (Lipinski definition) is 3. The number of rotatable bonds is 5. The highest BCUT2D eigenvalue weighted by Crippen LogP contribution is 2.32. The summed E-state index contributed by atoms with van der Waals surface area (Å²) in [5.74, 6) is 0.945. The van der Waals surface area contributed by atoms with Crippen molar-refractivity contribution < 1.29 is 10.2 Å². The van der Waals surface area contributed by atoms with E-state index in [2.05, 4.69) is 24.1 Å². The normalized spacial score (nSPS) is 18.4. The van der Waals surface area contributed by atoms with Crippen molar-refractivity contribution in [3.05, 3.63) is 23.8 Å². The molecule has 2 rings (SSSR count). The molecule has 112 valence electrons. The van der Waals surface area contributed by atoms with Crippen molar-refractivity contribution in [2.45, 2.75) is 32.7 Å². The van der Waals surface area contributed by atoms with E-state index in [1.165, 1.54) is 6.07 Å². The van der Waals surface area contributed by atoms with E-state index in [0.717, 1.165) is 44.6 Å². The number of nitrogens with one attached hydrogen (secondary N) is 1. The fourth-order valence-electron chi connectivity index (χ4n) is 2.86. The fourth-order valence-corrected chi connectivity index (χ4v) is 2.86. The molecule has 1 fully saturated rings. The minimum Gasteiger partial charge on any atom is -0.508 e. The molecule has 0 aromatic heterocycles. The summed E-state index contributed by atoms with van der Waals surface area (Å²) < 4.78 is 0. The van der Waals surface area contributed by atoms with Gasteiger partial charge in [-0.25, -0.2) is 0 Å². The van der Waals surface area contributed by atoms with E-state index >= 15 is 0 Å². The number of hydrogen-bond acceptors (Lipinski definition) is 4. The van der Waals surface area contributed by atoms with Gasteiger partial charge in [0.1, 0.15) is 11.5 Å². The quantitative estimate of drug-likeness (QED) is 0.774. The largest absolute Gasteiger partial charge is 0.508 e. The van der Waals surface area contributed by atoms with Crippen LogP contribution >= 0.6 is 0 Å². The maximum atomic E-state index is 9.73. The Balaban J connectivity index is 2.19. The van der Waals surface area contributed by atoms with E-state index in [9.17, 15) is 10.2 Å². The molecule has 4 heteroatoms. The standard InChI is InChI=1S/C16H26N2O2/c1-12(2)3-4-16(18-7-5-17-6-8-18)13-9-14(19)11-15(20)10-13/h9-12,16-17,19-20H,3-8H2,1-2H3/t16-/m0/s1. The van der Waals surface area contributed by atoms with Crippen LogP contribution in [0, 0.1) is 5.92 Å². The van der Waals surface area contributed by atoms with Gasteiger partial charge in [0.15, 0.2) is 0 Å². The molecule has 0 aliphatic carbocycles. The van der Waals surface area contributed by atoms with Crippen LogP contribution < -0.4 is 5.32 Å². The zero-order valence-electron chi connectivity index (χ0n) is 12.5. The third kappa shape index (κ3) is 4.12. The van der Waals surface area contributed by atoms with E-state index in [1.54, 1.807) is 12.1 Å². The van der Waals surface area contributed by atoms with Crippen LogP contribution in [-0.2, 0) is 0 Å². The second-order valence-corrected chi connectivity index (χ2v) is 6.06. The lowest BCUT2D eigenvalue weighted by Crippen LogP contribution is -2.45. The summed E-state index contributed by atoms with van der Waals surface area (Å²) in [5, 5.41) is 22.8. The van der Waals surface area contributed by atoms with Crippen molar-refractivity contribution in [2.75, 3.05) is 26.2 Å². The molecular formula is C16H26N2O2. The predicted octanol–water partition coefficient (Wildman–Crippen LogP) is 2.48. The molecule has 1 heterocycles. The van der Waals surface area contributed by atoms with Crippen LogP contribution in [-0.4, -0.2) is 41.3 Å². The summed E-state index contributed by atoms with van der Waals surface area (Å²) >= 11 is 0. The van der Waals surface area contributed by atoms with E-state index in [0.29, 0.717) is 5.92 Å². The molecule has 0 radical (unpaired) electrons. The number of phenols is 2. The van der Waals surface area contributed by atoms with Crippen molar-refractivity contribution in [1.29, 1.82) is 0 Å². The molecule has 1 aromatic rings. The summed E-state index contributed by atoms with van der Waals surface area (Å²) in [6.45, 7) is 8.49. The van der Waals surface area contributed by atoms with Crippen LogP contribution in [0.3, 0.4) is 0 Å². The Hall–Kier alpha value is -1.26. The Kier molecular flexibility index (Phi) is 5.26. The summed E-state index contributed by atoms with van der Waals surface area (Å²) in [4.78, 5) is 2.45. The van der Waals surface area contributed by atoms with Crippen LogP contribution in [0.5, 0.6) is 11.5 Å². The van der Waals surface area contributed by atoms with E-state index in [1.807, 2.05) is 0 Å². The van der Waals surface area contributed by atoms with E-state index in [-0.39, 0.29) is 17.5 Å². The molecule has 20 heavy (non-hydrogen) atoms. The maximum Gasteiger partial charge on any atom is 0.119 e. The topological polar surface area (TPSA) is 55.7 Å². The van der Waals surface area contributed by atoms with Crippen LogP contribution in [0.1, 0.15) is 38.3 Å². The first kappa shape index (κ1) is 15.1. The second kappa shape index (κ2) is 6.95. The summed E-state index contributed by atoms with van der Waals surface area (Å²) in [6, 6.07) is 5.23. The Morgan fingerprint density at radius 3 is 2.20 bits per heavy atom. The van der Waals surface area contributed by atoms with Crippen molar-refractivity contribution in [2.24, 2.45) is 5.92 Å². The number of piperazine rings is 1.